The zero-order valence-corrected chi connectivity index (χ0v) is 16.3. The molecule has 3 aromatic rings. The van der Waals surface area contributed by atoms with Crippen molar-refractivity contribution in [3.05, 3.63) is 83.4 Å². The van der Waals surface area contributed by atoms with E-state index in [0.717, 1.165) is 29.0 Å². The van der Waals surface area contributed by atoms with E-state index in [0.29, 0.717) is 10.8 Å². The third-order valence-corrected chi connectivity index (χ3v) is 4.45. The van der Waals surface area contributed by atoms with E-state index in [4.69, 9.17) is 16.3 Å². The van der Waals surface area contributed by atoms with Crippen LogP contribution in [0.4, 0.5) is 17.1 Å². The highest BCUT2D eigenvalue weighted by Crippen LogP contribution is 2.27. The number of rotatable bonds is 7. The Kier molecular flexibility index (Phi) is 6.50. The zero-order chi connectivity index (χ0) is 19.1. The van der Waals surface area contributed by atoms with Gasteiger partial charge < -0.3 is 10.1 Å². The molecule has 1 N–H and O–H groups in total. The highest BCUT2D eigenvalue weighted by molar-refractivity contribution is 6.32. The van der Waals surface area contributed by atoms with Crippen LogP contribution in [0.2, 0.25) is 5.02 Å². The smallest absolute Gasteiger partial charge is 0.138 e. The molecular formula is C23H23ClN2O. The quantitative estimate of drug-likeness (QED) is 0.448. The Morgan fingerprint density at radius 2 is 1.70 bits per heavy atom. The summed E-state index contributed by atoms with van der Waals surface area (Å²) in [6.07, 6.45) is 2.89. The van der Waals surface area contributed by atoms with Crippen LogP contribution in [0.1, 0.15) is 25.8 Å². The van der Waals surface area contributed by atoms with Crippen molar-refractivity contribution in [2.75, 3.05) is 5.32 Å². The standard InChI is InChI=1S/C23H23ClN2O/c1-3-17(2)27-23-14-9-18(15-22(23)24)16-25-19-10-12-21(13-11-19)26-20-7-5-4-6-8-20/h4-17,26H,3H2,1-2H3/t17-/m0/s1. The van der Waals surface area contributed by atoms with Gasteiger partial charge in [0.05, 0.1) is 16.8 Å². The molecule has 0 radical (unpaired) electrons. The summed E-state index contributed by atoms with van der Waals surface area (Å²) >= 11 is 6.32. The van der Waals surface area contributed by atoms with E-state index >= 15 is 0 Å². The van der Waals surface area contributed by atoms with Gasteiger partial charge in [0.2, 0.25) is 0 Å². The van der Waals surface area contributed by atoms with E-state index in [-0.39, 0.29) is 6.10 Å². The first-order chi connectivity index (χ1) is 13.1. The third-order valence-electron chi connectivity index (χ3n) is 4.15. The monoisotopic (exact) mass is 378 g/mol. The molecule has 27 heavy (non-hydrogen) atoms. The molecule has 0 saturated carbocycles. The van der Waals surface area contributed by atoms with Gasteiger partial charge in [-0.25, -0.2) is 0 Å². The topological polar surface area (TPSA) is 33.6 Å². The van der Waals surface area contributed by atoms with Crippen LogP contribution in [0.15, 0.2) is 77.8 Å². The number of hydrogen-bond acceptors (Lipinski definition) is 3. The lowest BCUT2D eigenvalue weighted by molar-refractivity contribution is 0.217. The predicted octanol–water partition coefficient (Wildman–Crippen LogP) is 7.01. The molecule has 3 nitrogen and oxygen atoms in total. The first kappa shape index (κ1) is 19.0. The van der Waals surface area contributed by atoms with Crippen LogP contribution in [-0.2, 0) is 0 Å². The highest BCUT2D eigenvalue weighted by Gasteiger charge is 2.06. The van der Waals surface area contributed by atoms with E-state index in [2.05, 4.69) is 17.2 Å². The van der Waals surface area contributed by atoms with Crippen molar-refractivity contribution in [2.45, 2.75) is 26.4 Å². The van der Waals surface area contributed by atoms with Crippen molar-refractivity contribution in [3.63, 3.8) is 0 Å². The molecule has 0 spiro atoms. The Morgan fingerprint density at radius 3 is 2.37 bits per heavy atom. The SMILES string of the molecule is CC[C@H](C)Oc1ccc(C=Nc2ccc(Nc3ccccc3)cc2)cc1Cl. The Balaban J connectivity index is 1.64. The van der Waals surface area contributed by atoms with Gasteiger partial charge in [0.15, 0.2) is 0 Å². The molecule has 3 aromatic carbocycles. The molecule has 0 heterocycles. The molecule has 0 aromatic heterocycles. The van der Waals surface area contributed by atoms with E-state index in [1.54, 1.807) is 6.21 Å². The largest absolute Gasteiger partial charge is 0.489 e. The van der Waals surface area contributed by atoms with E-state index in [9.17, 15) is 0 Å². The van der Waals surface area contributed by atoms with Crippen LogP contribution in [0.3, 0.4) is 0 Å². The number of benzene rings is 3. The van der Waals surface area contributed by atoms with Gasteiger partial charge in [0.1, 0.15) is 5.75 Å². The molecule has 0 aliphatic heterocycles. The van der Waals surface area contributed by atoms with Crippen molar-refractivity contribution in [2.24, 2.45) is 4.99 Å². The average molecular weight is 379 g/mol. The van der Waals surface area contributed by atoms with Gasteiger partial charge in [0, 0.05) is 17.6 Å². The molecule has 138 valence electrons. The van der Waals surface area contributed by atoms with Crippen molar-refractivity contribution >= 4 is 34.9 Å². The Labute approximate surface area is 165 Å². The van der Waals surface area contributed by atoms with E-state index in [1.807, 2.05) is 79.7 Å². The van der Waals surface area contributed by atoms with E-state index in [1.165, 1.54) is 0 Å². The molecule has 0 bridgehead atoms. The number of nitrogens with one attached hydrogen (secondary N) is 1. The second kappa shape index (κ2) is 9.24. The zero-order valence-electron chi connectivity index (χ0n) is 15.5. The Hall–Kier alpha value is -2.78. The maximum Gasteiger partial charge on any atom is 0.138 e. The van der Waals surface area contributed by atoms with Crippen LogP contribution in [-0.4, -0.2) is 12.3 Å². The molecule has 0 aliphatic rings. The summed E-state index contributed by atoms with van der Waals surface area (Å²) in [5.74, 6) is 0.708. The molecule has 1 atom stereocenters. The minimum Gasteiger partial charge on any atom is -0.489 e. The number of halogens is 1. The van der Waals surface area contributed by atoms with Gasteiger partial charge in [-0.05, 0) is 73.5 Å². The summed E-state index contributed by atoms with van der Waals surface area (Å²) in [4.78, 5) is 4.52. The summed E-state index contributed by atoms with van der Waals surface area (Å²) in [5, 5.41) is 3.95. The maximum atomic E-state index is 6.32. The maximum absolute atomic E-state index is 6.32. The molecule has 3 rings (SSSR count). The molecule has 0 aliphatic carbocycles. The average Bonchev–Trinajstić information content (AvgIpc) is 2.70. The molecule has 0 unspecified atom stereocenters. The number of nitrogens with zero attached hydrogens (tertiary/aromatic N) is 1. The van der Waals surface area contributed by atoms with Gasteiger partial charge >= 0.3 is 0 Å². The molecule has 4 heteroatoms. The van der Waals surface area contributed by atoms with Crippen molar-refractivity contribution in [1.29, 1.82) is 0 Å². The summed E-state index contributed by atoms with van der Waals surface area (Å²) in [7, 11) is 0. The lowest BCUT2D eigenvalue weighted by Gasteiger charge is -2.13. The van der Waals surface area contributed by atoms with Gasteiger partial charge in [-0.3, -0.25) is 4.99 Å². The van der Waals surface area contributed by atoms with Gasteiger partial charge in [-0.15, -0.1) is 0 Å². The van der Waals surface area contributed by atoms with Crippen LogP contribution >= 0.6 is 11.6 Å². The van der Waals surface area contributed by atoms with Gasteiger partial charge in [0.25, 0.3) is 0 Å². The minimum absolute atomic E-state index is 0.144. The number of hydrogen-bond donors (Lipinski definition) is 1. The number of ether oxygens (including phenoxy) is 1. The summed E-state index contributed by atoms with van der Waals surface area (Å²) in [5.41, 5.74) is 3.89. The molecule has 0 amide bonds. The number of anilines is 2. The number of aliphatic imine (C=N–C) groups is 1. The third kappa shape index (κ3) is 5.60. The Bertz CT molecular complexity index is 892. The fraction of sp³-hybridized carbons (Fsp3) is 0.174. The van der Waals surface area contributed by atoms with Gasteiger partial charge in [-0.1, -0.05) is 36.7 Å². The molecule has 0 saturated heterocycles. The first-order valence-electron chi connectivity index (χ1n) is 9.06. The van der Waals surface area contributed by atoms with Crippen molar-refractivity contribution < 1.29 is 4.74 Å². The lowest BCUT2D eigenvalue weighted by atomic mass is 10.2. The van der Waals surface area contributed by atoms with Crippen LogP contribution in [0.25, 0.3) is 0 Å². The van der Waals surface area contributed by atoms with Crippen molar-refractivity contribution in [3.8, 4) is 5.75 Å². The van der Waals surface area contributed by atoms with E-state index < -0.39 is 0 Å². The minimum atomic E-state index is 0.144. The van der Waals surface area contributed by atoms with Crippen LogP contribution < -0.4 is 10.1 Å². The van der Waals surface area contributed by atoms with Gasteiger partial charge in [-0.2, -0.15) is 0 Å². The van der Waals surface area contributed by atoms with Crippen LogP contribution in [0.5, 0.6) is 5.75 Å². The second-order valence-corrected chi connectivity index (χ2v) is 6.73. The highest BCUT2D eigenvalue weighted by atomic mass is 35.5. The Morgan fingerprint density at radius 1 is 1.00 bits per heavy atom. The first-order valence-corrected chi connectivity index (χ1v) is 9.44. The summed E-state index contributed by atoms with van der Waals surface area (Å²) < 4.78 is 5.79. The fourth-order valence-electron chi connectivity index (χ4n) is 2.46. The molecular weight excluding hydrogens is 356 g/mol. The van der Waals surface area contributed by atoms with Crippen LogP contribution in [0, 0.1) is 0 Å². The second-order valence-electron chi connectivity index (χ2n) is 6.32. The summed E-state index contributed by atoms with van der Waals surface area (Å²) in [6.45, 7) is 4.11. The number of para-hydroxylation sites is 1. The lowest BCUT2D eigenvalue weighted by Crippen LogP contribution is -2.09. The normalized spacial score (nSPS) is 12.1. The fourth-order valence-corrected chi connectivity index (χ4v) is 2.69. The predicted molar refractivity (Wildman–Crippen MR) is 115 cm³/mol. The van der Waals surface area contributed by atoms with Crippen molar-refractivity contribution in [1.82, 2.24) is 0 Å². The molecule has 0 fully saturated rings. The summed E-state index contributed by atoms with van der Waals surface area (Å²) in [6, 6.07) is 23.8.